The van der Waals surface area contributed by atoms with Gasteiger partial charge in [0.15, 0.2) is 0 Å². The third-order valence-electron chi connectivity index (χ3n) is 1.98. The molecule has 1 rings (SSSR count). The van der Waals surface area contributed by atoms with Gasteiger partial charge in [0.1, 0.15) is 0 Å². The zero-order chi connectivity index (χ0) is 10.9. The number of ether oxygens (including phenoxy) is 1. The Balaban J connectivity index is 2.35. The third kappa shape index (κ3) is 5.22. The molecule has 0 spiro atoms. The van der Waals surface area contributed by atoms with E-state index in [0.29, 0.717) is 15.0 Å². The summed E-state index contributed by atoms with van der Waals surface area (Å²) in [5.41, 5.74) is 5.48. The van der Waals surface area contributed by atoms with Gasteiger partial charge < -0.3 is 0 Å². The van der Waals surface area contributed by atoms with E-state index < -0.39 is 0 Å². The molecule has 0 radical (unpaired) electrons. The van der Waals surface area contributed by atoms with E-state index in [2.05, 4.69) is 31.2 Å². The van der Waals surface area contributed by atoms with Crippen molar-refractivity contribution in [2.45, 2.75) is 25.1 Å². The molecule has 0 fully saturated rings. The maximum absolute atomic E-state index is 5.59. The summed E-state index contributed by atoms with van der Waals surface area (Å²) in [6.45, 7) is 3.78. The van der Waals surface area contributed by atoms with Crippen molar-refractivity contribution < 1.29 is 4.74 Å². The quantitative estimate of drug-likeness (QED) is 0.604. The second kappa shape index (κ2) is 7.75. The molecular weight excluding hydrogens is 253 g/mol. The Hall–Kier alpha value is -0.501. The first-order valence-corrected chi connectivity index (χ1v) is 7.49. The van der Waals surface area contributed by atoms with Crippen molar-refractivity contribution in [3.8, 4) is 5.75 Å². The second-order valence-electron chi connectivity index (χ2n) is 3.31. The monoisotopic (exact) mass is 273 g/mol. The topological polar surface area (TPSA) is 35.2 Å². The second-order valence-corrected chi connectivity index (χ2v) is 5.76. The molecule has 0 unspecified atom stereocenters. The average molecular weight is 272 g/mol. The van der Waals surface area contributed by atoms with E-state index in [1.54, 1.807) is 0 Å². The summed E-state index contributed by atoms with van der Waals surface area (Å²) in [5.74, 6) is 0.982. The predicted molar refractivity (Wildman–Crippen MR) is 66.1 cm³/mol. The summed E-state index contributed by atoms with van der Waals surface area (Å²) in [5, 5.41) is 1.11. The van der Waals surface area contributed by atoms with Crippen molar-refractivity contribution in [1.29, 1.82) is 0 Å². The van der Waals surface area contributed by atoms with Gasteiger partial charge in [-0.05, 0) is 0 Å². The van der Waals surface area contributed by atoms with E-state index in [4.69, 9.17) is 10.5 Å². The molecular formula is C12H19NOSe. The molecule has 1 aromatic rings. The Morgan fingerprint density at radius 3 is 2.60 bits per heavy atom. The van der Waals surface area contributed by atoms with E-state index >= 15 is 0 Å². The van der Waals surface area contributed by atoms with E-state index in [9.17, 15) is 0 Å². The Morgan fingerprint density at radius 2 is 2.00 bits per heavy atom. The minimum atomic E-state index is 0.525. The fourth-order valence-corrected chi connectivity index (χ4v) is 2.57. The summed E-state index contributed by atoms with van der Waals surface area (Å²) < 4.78 is 6.99. The van der Waals surface area contributed by atoms with E-state index in [0.717, 1.165) is 30.6 Å². The first kappa shape index (κ1) is 12.6. The molecule has 0 saturated heterocycles. The van der Waals surface area contributed by atoms with Gasteiger partial charge in [0.05, 0.1) is 0 Å². The summed E-state index contributed by atoms with van der Waals surface area (Å²) in [6.07, 6.45) is 2.30. The van der Waals surface area contributed by atoms with Crippen LogP contribution in [0.2, 0.25) is 5.32 Å². The average Bonchev–Trinajstić information content (AvgIpc) is 2.28. The molecule has 0 aliphatic rings. The van der Waals surface area contributed by atoms with E-state index in [-0.39, 0.29) is 0 Å². The number of nitrogens with two attached hydrogens (primary N) is 1. The fraction of sp³-hybridized carbons (Fsp3) is 0.500. The van der Waals surface area contributed by atoms with Gasteiger partial charge in [0.2, 0.25) is 0 Å². The van der Waals surface area contributed by atoms with Crippen LogP contribution in [-0.2, 0) is 0 Å². The van der Waals surface area contributed by atoms with Crippen LogP contribution in [0.3, 0.4) is 0 Å². The Bertz CT molecular complexity index is 261. The van der Waals surface area contributed by atoms with Gasteiger partial charge >= 0.3 is 98.1 Å². The standard InChI is InChI=1S/C12H19NOSe/c1-2-3-9-14-11-4-6-12(7-5-11)15-10-8-13/h4-7H,2-3,8-10,13H2,1H3. The summed E-state index contributed by atoms with van der Waals surface area (Å²) >= 11 is 0.525. The van der Waals surface area contributed by atoms with Gasteiger partial charge in [-0.25, -0.2) is 0 Å². The van der Waals surface area contributed by atoms with Crippen LogP contribution >= 0.6 is 0 Å². The number of unbranched alkanes of at least 4 members (excludes halogenated alkanes) is 1. The van der Waals surface area contributed by atoms with Crippen LogP contribution in [0.15, 0.2) is 24.3 Å². The fourth-order valence-electron chi connectivity index (χ4n) is 1.14. The first-order valence-electron chi connectivity index (χ1n) is 5.42. The van der Waals surface area contributed by atoms with Gasteiger partial charge in [-0.15, -0.1) is 0 Å². The first-order chi connectivity index (χ1) is 7.36. The molecule has 0 bridgehead atoms. The van der Waals surface area contributed by atoms with Gasteiger partial charge in [0.25, 0.3) is 0 Å². The normalized spacial score (nSPS) is 10.3. The predicted octanol–water partition coefficient (Wildman–Crippen LogP) is 1.57. The summed E-state index contributed by atoms with van der Waals surface area (Å²) in [6, 6.07) is 8.42. The van der Waals surface area contributed by atoms with Crippen LogP contribution in [0, 0.1) is 0 Å². The number of hydrogen-bond donors (Lipinski definition) is 1. The van der Waals surface area contributed by atoms with Crippen LogP contribution in [0.4, 0.5) is 0 Å². The summed E-state index contributed by atoms with van der Waals surface area (Å²) in [4.78, 5) is 0. The van der Waals surface area contributed by atoms with Crippen molar-refractivity contribution in [3.05, 3.63) is 24.3 Å². The van der Waals surface area contributed by atoms with Crippen molar-refractivity contribution in [2.24, 2.45) is 5.73 Å². The number of rotatable bonds is 7. The van der Waals surface area contributed by atoms with Crippen LogP contribution < -0.4 is 14.9 Å². The molecule has 84 valence electrons. The van der Waals surface area contributed by atoms with E-state index in [1.807, 2.05) is 0 Å². The molecule has 1 aromatic carbocycles. The SMILES string of the molecule is CCCCOc1ccc([Se]CCN)cc1. The molecule has 0 atom stereocenters. The molecule has 0 aromatic heterocycles. The van der Waals surface area contributed by atoms with Gasteiger partial charge in [-0.2, -0.15) is 0 Å². The number of benzene rings is 1. The van der Waals surface area contributed by atoms with Crippen molar-refractivity contribution in [1.82, 2.24) is 0 Å². The number of hydrogen-bond acceptors (Lipinski definition) is 2. The Kier molecular flexibility index (Phi) is 6.49. The summed E-state index contributed by atoms with van der Waals surface area (Å²) in [7, 11) is 0. The molecule has 15 heavy (non-hydrogen) atoms. The molecule has 0 saturated carbocycles. The Labute approximate surface area is 98.4 Å². The molecule has 3 heteroatoms. The molecule has 2 nitrogen and oxygen atoms in total. The van der Waals surface area contributed by atoms with Gasteiger partial charge in [0, 0.05) is 0 Å². The Morgan fingerprint density at radius 1 is 1.27 bits per heavy atom. The van der Waals surface area contributed by atoms with Gasteiger partial charge in [-0.3, -0.25) is 0 Å². The zero-order valence-electron chi connectivity index (χ0n) is 9.24. The van der Waals surface area contributed by atoms with Crippen LogP contribution in [-0.4, -0.2) is 28.1 Å². The third-order valence-corrected chi connectivity index (χ3v) is 4.17. The zero-order valence-corrected chi connectivity index (χ0v) is 11.0. The molecule has 0 amide bonds. The van der Waals surface area contributed by atoms with Crippen molar-refractivity contribution in [3.63, 3.8) is 0 Å². The van der Waals surface area contributed by atoms with Crippen molar-refractivity contribution >= 4 is 19.4 Å². The van der Waals surface area contributed by atoms with Crippen LogP contribution in [0.5, 0.6) is 5.75 Å². The van der Waals surface area contributed by atoms with Crippen LogP contribution in [0.25, 0.3) is 0 Å². The van der Waals surface area contributed by atoms with Crippen LogP contribution in [0.1, 0.15) is 19.8 Å². The molecule has 2 N–H and O–H groups in total. The molecule has 0 aliphatic carbocycles. The molecule has 0 aliphatic heterocycles. The van der Waals surface area contributed by atoms with E-state index in [1.165, 1.54) is 10.9 Å². The minimum absolute atomic E-state index is 0.525. The molecule has 0 heterocycles. The van der Waals surface area contributed by atoms with Crippen molar-refractivity contribution in [2.75, 3.05) is 13.2 Å². The maximum atomic E-state index is 5.59. The van der Waals surface area contributed by atoms with Gasteiger partial charge in [-0.1, -0.05) is 0 Å².